The maximum atomic E-state index is 11.7. The van der Waals surface area contributed by atoms with Crippen LogP contribution in [0.25, 0.3) is 0 Å². The van der Waals surface area contributed by atoms with Gasteiger partial charge in [-0.05, 0) is 26.3 Å². The van der Waals surface area contributed by atoms with Crippen molar-refractivity contribution in [3.63, 3.8) is 0 Å². The van der Waals surface area contributed by atoms with E-state index in [1.807, 2.05) is 6.92 Å². The molecule has 0 aromatic heterocycles. The van der Waals surface area contributed by atoms with E-state index in [9.17, 15) is 9.59 Å². The highest BCUT2D eigenvalue weighted by Gasteiger charge is 2.31. The average molecular weight is 214 g/mol. The molecule has 0 aromatic rings. The molecule has 1 aliphatic heterocycles. The van der Waals surface area contributed by atoms with E-state index in [2.05, 4.69) is 10.6 Å². The molecule has 3 N–H and O–H groups in total. The number of hydrogen-bond donors (Lipinski definition) is 3. The number of carboxylic acid groups (broad SMARTS) is 1. The number of carbonyl (C=O) groups excluding carboxylic acids is 1. The first kappa shape index (κ1) is 12.0. The summed E-state index contributed by atoms with van der Waals surface area (Å²) in [6, 6.07) is -0.624. The summed E-state index contributed by atoms with van der Waals surface area (Å²) >= 11 is 0. The lowest BCUT2D eigenvalue weighted by Gasteiger charge is -2.18. The third-order valence-electron chi connectivity index (χ3n) is 2.88. The van der Waals surface area contributed by atoms with Gasteiger partial charge in [0.1, 0.15) is 6.04 Å². The van der Waals surface area contributed by atoms with Crippen LogP contribution in [0.5, 0.6) is 0 Å². The van der Waals surface area contributed by atoms with E-state index in [1.54, 1.807) is 6.92 Å². The molecule has 1 aliphatic rings. The van der Waals surface area contributed by atoms with Crippen molar-refractivity contribution in [2.75, 3.05) is 6.54 Å². The molecular formula is C10H18N2O3. The quantitative estimate of drug-likeness (QED) is 0.614. The van der Waals surface area contributed by atoms with E-state index in [-0.39, 0.29) is 17.9 Å². The molecule has 0 saturated carbocycles. The molecule has 1 fully saturated rings. The zero-order valence-corrected chi connectivity index (χ0v) is 9.12. The van der Waals surface area contributed by atoms with Crippen LogP contribution in [-0.2, 0) is 9.59 Å². The zero-order chi connectivity index (χ0) is 11.4. The number of carbonyl (C=O) groups is 2. The molecule has 5 heteroatoms. The summed E-state index contributed by atoms with van der Waals surface area (Å²) < 4.78 is 0. The second-order valence-electron chi connectivity index (χ2n) is 3.95. The van der Waals surface area contributed by atoms with Gasteiger partial charge in [0.25, 0.3) is 0 Å². The van der Waals surface area contributed by atoms with Crippen molar-refractivity contribution < 1.29 is 14.7 Å². The second-order valence-corrected chi connectivity index (χ2v) is 3.95. The van der Waals surface area contributed by atoms with Gasteiger partial charge in [-0.15, -0.1) is 0 Å². The van der Waals surface area contributed by atoms with Crippen molar-refractivity contribution in [1.82, 2.24) is 10.6 Å². The van der Waals surface area contributed by atoms with Gasteiger partial charge >= 0.3 is 5.97 Å². The number of aliphatic carboxylic acids is 1. The lowest BCUT2D eigenvalue weighted by molar-refractivity contribution is -0.142. The SMILES string of the molecule is CC[C@H](NC(=O)C1CCNC1C)C(=O)O. The average Bonchev–Trinajstić information content (AvgIpc) is 2.60. The number of carboxylic acids is 1. The number of nitrogens with one attached hydrogen (secondary N) is 2. The molecule has 1 saturated heterocycles. The van der Waals surface area contributed by atoms with Crippen molar-refractivity contribution in [2.24, 2.45) is 5.92 Å². The summed E-state index contributed by atoms with van der Waals surface area (Å²) in [6.45, 7) is 4.51. The highest BCUT2D eigenvalue weighted by Crippen LogP contribution is 2.15. The monoisotopic (exact) mass is 214 g/mol. The van der Waals surface area contributed by atoms with Crippen LogP contribution in [0.1, 0.15) is 26.7 Å². The van der Waals surface area contributed by atoms with Crippen molar-refractivity contribution >= 4 is 11.9 Å². The van der Waals surface area contributed by atoms with Gasteiger partial charge in [0, 0.05) is 6.04 Å². The van der Waals surface area contributed by atoms with E-state index >= 15 is 0 Å². The largest absolute Gasteiger partial charge is 0.480 e. The predicted molar refractivity (Wildman–Crippen MR) is 55.4 cm³/mol. The molecule has 0 spiro atoms. The van der Waals surface area contributed by atoms with Crippen LogP contribution in [-0.4, -0.2) is 35.6 Å². The van der Waals surface area contributed by atoms with Gasteiger partial charge in [0.05, 0.1) is 5.92 Å². The van der Waals surface area contributed by atoms with Gasteiger partial charge in [0.2, 0.25) is 5.91 Å². The fourth-order valence-corrected chi connectivity index (χ4v) is 1.83. The van der Waals surface area contributed by atoms with E-state index in [1.165, 1.54) is 0 Å². The Bertz CT molecular complexity index is 255. The van der Waals surface area contributed by atoms with Crippen molar-refractivity contribution in [2.45, 2.75) is 38.8 Å². The molecule has 86 valence electrons. The van der Waals surface area contributed by atoms with E-state index in [0.717, 1.165) is 13.0 Å². The predicted octanol–water partition coefficient (Wildman–Crippen LogP) is -0.0362. The smallest absolute Gasteiger partial charge is 0.326 e. The first-order chi connectivity index (χ1) is 7.06. The molecule has 0 aromatic carbocycles. The van der Waals surface area contributed by atoms with E-state index < -0.39 is 12.0 Å². The summed E-state index contributed by atoms with van der Waals surface area (Å²) in [5.74, 6) is -1.22. The standard InChI is InChI=1S/C10H18N2O3/c1-3-8(10(14)15)12-9(13)7-4-5-11-6(7)2/h6-8,11H,3-5H2,1-2H3,(H,12,13)(H,14,15)/t6?,7?,8-/m0/s1. The Balaban J connectivity index is 2.50. The van der Waals surface area contributed by atoms with Gasteiger partial charge in [-0.3, -0.25) is 4.79 Å². The molecule has 15 heavy (non-hydrogen) atoms. The van der Waals surface area contributed by atoms with Crippen LogP contribution < -0.4 is 10.6 Å². The highest BCUT2D eigenvalue weighted by atomic mass is 16.4. The van der Waals surface area contributed by atoms with Crippen LogP contribution in [0.3, 0.4) is 0 Å². The number of rotatable bonds is 4. The van der Waals surface area contributed by atoms with Crippen molar-refractivity contribution in [3.05, 3.63) is 0 Å². The second kappa shape index (κ2) is 5.11. The highest BCUT2D eigenvalue weighted by molar-refractivity contribution is 5.85. The minimum atomic E-state index is -0.968. The summed E-state index contributed by atoms with van der Waals surface area (Å²) in [4.78, 5) is 22.4. The summed E-state index contributed by atoms with van der Waals surface area (Å²) in [6.07, 6.45) is 1.19. The van der Waals surface area contributed by atoms with Gasteiger partial charge in [-0.25, -0.2) is 4.79 Å². The van der Waals surface area contributed by atoms with Crippen molar-refractivity contribution in [3.8, 4) is 0 Å². The van der Waals surface area contributed by atoms with E-state index in [0.29, 0.717) is 6.42 Å². The lowest BCUT2D eigenvalue weighted by Crippen LogP contribution is -2.45. The first-order valence-corrected chi connectivity index (χ1v) is 5.32. The Hall–Kier alpha value is -1.10. The zero-order valence-electron chi connectivity index (χ0n) is 9.12. The summed E-state index contributed by atoms with van der Waals surface area (Å²) in [5.41, 5.74) is 0. The molecule has 3 atom stereocenters. The number of hydrogen-bond acceptors (Lipinski definition) is 3. The minimum absolute atomic E-state index is 0.0987. The van der Waals surface area contributed by atoms with Crippen LogP contribution in [0.2, 0.25) is 0 Å². The molecule has 0 aliphatic carbocycles. The van der Waals surface area contributed by atoms with Gasteiger partial charge in [-0.1, -0.05) is 6.92 Å². The van der Waals surface area contributed by atoms with Crippen LogP contribution in [0.4, 0.5) is 0 Å². The molecular weight excluding hydrogens is 196 g/mol. The number of amides is 1. The van der Waals surface area contributed by atoms with Gasteiger partial charge in [-0.2, -0.15) is 0 Å². The minimum Gasteiger partial charge on any atom is -0.480 e. The van der Waals surface area contributed by atoms with Gasteiger partial charge < -0.3 is 15.7 Å². The molecule has 1 amide bonds. The fraction of sp³-hybridized carbons (Fsp3) is 0.800. The third kappa shape index (κ3) is 2.92. The lowest BCUT2D eigenvalue weighted by atomic mass is 10.0. The summed E-state index contributed by atoms with van der Waals surface area (Å²) in [5, 5.41) is 14.5. The molecule has 1 heterocycles. The van der Waals surface area contributed by atoms with Crippen molar-refractivity contribution in [1.29, 1.82) is 0 Å². The third-order valence-corrected chi connectivity index (χ3v) is 2.88. The Morgan fingerprint density at radius 3 is 2.67 bits per heavy atom. The van der Waals surface area contributed by atoms with Gasteiger partial charge in [0.15, 0.2) is 0 Å². The normalized spacial score (nSPS) is 27.3. The first-order valence-electron chi connectivity index (χ1n) is 5.32. The maximum absolute atomic E-state index is 11.7. The Kier molecular flexibility index (Phi) is 4.08. The maximum Gasteiger partial charge on any atom is 0.326 e. The van der Waals surface area contributed by atoms with E-state index in [4.69, 9.17) is 5.11 Å². The molecule has 0 bridgehead atoms. The van der Waals surface area contributed by atoms with Crippen LogP contribution in [0, 0.1) is 5.92 Å². The van der Waals surface area contributed by atoms with Crippen LogP contribution in [0.15, 0.2) is 0 Å². The summed E-state index contributed by atoms with van der Waals surface area (Å²) in [7, 11) is 0. The topological polar surface area (TPSA) is 78.4 Å². The molecule has 2 unspecified atom stereocenters. The molecule has 1 rings (SSSR count). The molecule has 0 radical (unpaired) electrons. The molecule has 5 nitrogen and oxygen atoms in total. The fourth-order valence-electron chi connectivity index (χ4n) is 1.83. The Morgan fingerprint density at radius 2 is 2.27 bits per heavy atom. The Morgan fingerprint density at radius 1 is 1.60 bits per heavy atom. The Labute approximate surface area is 89.2 Å². The van der Waals surface area contributed by atoms with Crippen LogP contribution >= 0.6 is 0 Å².